The number of nitrogens with zero attached hydrogens (tertiary/aromatic N) is 1. The number of carbonyl (C=O) groups is 1. The van der Waals surface area contributed by atoms with E-state index in [-0.39, 0.29) is 11.6 Å². The van der Waals surface area contributed by atoms with Crippen LogP contribution in [-0.2, 0) is 0 Å². The lowest BCUT2D eigenvalue weighted by Gasteiger charge is -2.39. The van der Waals surface area contributed by atoms with Crippen molar-refractivity contribution in [3.63, 3.8) is 0 Å². The summed E-state index contributed by atoms with van der Waals surface area (Å²) in [7, 11) is 0. The summed E-state index contributed by atoms with van der Waals surface area (Å²) in [4.78, 5) is 13.1. The Bertz CT molecular complexity index is 478. The Morgan fingerprint density at radius 1 is 1.47 bits per heavy atom. The number of piperidine rings is 1. The van der Waals surface area contributed by atoms with Crippen LogP contribution in [0.5, 0.6) is 0 Å². The van der Waals surface area contributed by atoms with Crippen LogP contribution in [0.3, 0.4) is 0 Å². The maximum atomic E-state index is 14.1. The normalized spacial score (nSPS) is 23.4. The van der Waals surface area contributed by atoms with Crippen LogP contribution in [0.4, 0.5) is 10.1 Å². The summed E-state index contributed by atoms with van der Waals surface area (Å²) in [6.45, 7) is 3.45. The molecule has 0 spiro atoms. The van der Waals surface area contributed by atoms with Crippen molar-refractivity contribution in [1.29, 1.82) is 0 Å². The second-order valence-corrected chi connectivity index (χ2v) is 5.21. The van der Waals surface area contributed by atoms with Gasteiger partial charge in [0.1, 0.15) is 5.82 Å². The molecule has 1 saturated heterocycles. The van der Waals surface area contributed by atoms with E-state index in [1.165, 1.54) is 6.07 Å². The van der Waals surface area contributed by atoms with Gasteiger partial charge in [0.25, 0.3) is 0 Å². The van der Waals surface area contributed by atoms with Gasteiger partial charge in [-0.25, -0.2) is 4.39 Å². The summed E-state index contributed by atoms with van der Waals surface area (Å²) in [6, 6.07) is 4.68. The van der Waals surface area contributed by atoms with Crippen LogP contribution in [0.15, 0.2) is 18.2 Å². The summed E-state index contributed by atoms with van der Waals surface area (Å²) in [5.41, 5.74) is 11.6. The van der Waals surface area contributed by atoms with Crippen molar-refractivity contribution in [1.82, 2.24) is 0 Å². The zero-order valence-electron chi connectivity index (χ0n) is 11.1. The minimum absolute atomic E-state index is 0.196. The van der Waals surface area contributed by atoms with Crippen molar-refractivity contribution in [3.05, 3.63) is 29.6 Å². The Balaban J connectivity index is 2.27. The van der Waals surface area contributed by atoms with Gasteiger partial charge in [0.2, 0.25) is 5.91 Å². The Hall–Kier alpha value is -1.62. The molecule has 1 heterocycles. The molecule has 0 aromatic heterocycles. The number of hydrogen-bond acceptors (Lipinski definition) is 3. The number of anilines is 1. The SMILES string of the molecule is CC1CCC(CN)CN1c1ccc(C(N)=O)cc1F. The first-order chi connectivity index (χ1) is 9.02. The van der Waals surface area contributed by atoms with Gasteiger partial charge >= 0.3 is 0 Å². The van der Waals surface area contributed by atoms with E-state index in [0.717, 1.165) is 19.4 Å². The fourth-order valence-corrected chi connectivity index (χ4v) is 2.60. The number of hydrogen-bond donors (Lipinski definition) is 2. The van der Waals surface area contributed by atoms with Gasteiger partial charge in [0.15, 0.2) is 0 Å². The minimum Gasteiger partial charge on any atom is -0.366 e. The molecule has 1 fully saturated rings. The number of rotatable bonds is 3. The molecule has 1 amide bonds. The molecular weight excluding hydrogens is 245 g/mol. The molecule has 1 aromatic rings. The predicted octanol–water partition coefficient (Wildman–Crippen LogP) is 1.49. The largest absolute Gasteiger partial charge is 0.366 e. The van der Waals surface area contributed by atoms with Gasteiger partial charge in [-0.1, -0.05) is 0 Å². The Kier molecular flexibility index (Phi) is 4.04. The highest BCUT2D eigenvalue weighted by Crippen LogP contribution is 2.29. The first kappa shape index (κ1) is 13.8. The van der Waals surface area contributed by atoms with Gasteiger partial charge < -0.3 is 16.4 Å². The molecule has 0 saturated carbocycles. The zero-order valence-corrected chi connectivity index (χ0v) is 11.1. The van der Waals surface area contributed by atoms with E-state index in [0.29, 0.717) is 18.2 Å². The van der Waals surface area contributed by atoms with Crippen molar-refractivity contribution < 1.29 is 9.18 Å². The molecular formula is C14H20FN3O. The Morgan fingerprint density at radius 3 is 2.79 bits per heavy atom. The van der Waals surface area contributed by atoms with Crippen LogP contribution < -0.4 is 16.4 Å². The summed E-state index contributed by atoms with van der Waals surface area (Å²) in [6.07, 6.45) is 2.08. The number of nitrogens with two attached hydrogens (primary N) is 2. The molecule has 2 unspecified atom stereocenters. The minimum atomic E-state index is -0.614. The quantitative estimate of drug-likeness (QED) is 0.869. The number of halogens is 1. The van der Waals surface area contributed by atoms with E-state index < -0.39 is 11.7 Å². The van der Waals surface area contributed by atoms with E-state index in [4.69, 9.17) is 11.5 Å². The lowest BCUT2D eigenvalue weighted by atomic mass is 9.93. The number of primary amides is 1. The third-order valence-electron chi connectivity index (χ3n) is 3.85. The van der Waals surface area contributed by atoms with Gasteiger partial charge in [-0.2, -0.15) is 0 Å². The average molecular weight is 265 g/mol. The fraction of sp³-hybridized carbons (Fsp3) is 0.500. The van der Waals surface area contributed by atoms with Crippen LogP contribution in [0, 0.1) is 11.7 Å². The Labute approximate surface area is 112 Å². The standard InChI is InChI=1S/C14H20FN3O/c1-9-2-3-10(7-16)8-18(9)13-5-4-11(14(17)19)6-12(13)15/h4-6,9-10H,2-3,7-8,16H2,1H3,(H2,17,19). The number of amides is 1. The highest BCUT2D eigenvalue weighted by Gasteiger charge is 2.26. The van der Waals surface area contributed by atoms with E-state index in [1.54, 1.807) is 12.1 Å². The van der Waals surface area contributed by atoms with E-state index in [9.17, 15) is 9.18 Å². The second-order valence-electron chi connectivity index (χ2n) is 5.21. The summed E-state index contributed by atoms with van der Waals surface area (Å²) in [5.74, 6) is -0.621. The van der Waals surface area contributed by atoms with Crippen LogP contribution in [-0.4, -0.2) is 25.0 Å². The van der Waals surface area contributed by atoms with E-state index >= 15 is 0 Å². The second kappa shape index (κ2) is 5.57. The monoisotopic (exact) mass is 265 g/mol. The lowest BCUT2D eigenvalue weighted by molar-refractivity contribution is 0.1000. The molecule has 1 aliphatic heterocycles. The van der Waals surface area contributed by atoms with Crippen molar-refractivity contribution in [2.24, 2.45) is 17.4 Å². The highest BCUT2D eigenvalue weighted by molar-refractivity contribution is 5.93. The van der Waals surface area contributed by atoms with Crippen molar-refractivity contribution in [3.8, 4) is 0 Å². The summed E-state index contributed by atoms with van der Waals surface area (Å²) >= 11 is 0. The third kappa shape index (κ3) is 2.87. The molecule has 19 heavy (non-hydrogen) atoms. The van der Waals surface area contributed by atoms with Gasteiger partial charge in [-0.3, -0.25) is 4.79 Å². The summed E-state index contributed by atoms with van der Waals surface area (Å²) < 4.78 is 14.1. The van der Waals surface area contributed by atoms with Crippen LogP contribution in [0.2, 0.25) is 0 Å². The zero-order chi connectivity index (χ0) is 14.0. The van der Waals surface area contributed by atoms with Crippen molar-refractivity contribution in [2.45, 2.75) is 25.8 Å². The highest BCUT2D eigenvalue weighted by atomic mass is 19.1. The molecule has 4 nitrogen and oxygen atoms in total. The van der Waals surface area contributed by atoms with Gasteiger partial charge in [-0.15, -0.1) is 0 Å². The molecule has 2 atom stereocenters. The topological polar surface area (TPSA) is 72.3 Å². The maximum Gasteiger partial charge on any atom is 0.248 e. The van der Waals surface area contributed by atoms with E-state index in [1.807, 2.05) is 4.90 Å². The van der Waals surface area contributed by atoms with Gasteiger partial charge in [-0.05, 0) is 50.4 Å². The molecule has 2 rings (SSSR count). The lowest BCUT2D eigenvalue weighted by Crippen LogP contribution is -2.44. The van der Waals surface area contributed by atoms with Crippen LogP contribution in [0.25, 0.3) is 0 Å². The third-order valence-corrected chi connectivity index (χ3v) is 3.85. The van der Waals surface area contributed by atoms with Crippen LogP contribution >= 0.6 is 0 Å². The molecule has 4 N–H and O–H groups in total. The predicted molar refractivity (Wildman–Crippen MR) is 73.5 cm³/mol. The summed E-state index contributed by atoms with van der Waals surface area (Å²) in [5, 5.41) is 0. The first-order valence-electron chi connectivity index (χ1n) is 6.59. The Morgan fingerprint density at radius 2 is 2.21 bits per heavy atom. The molecule has 0 radical (unpaired) electrons. The molecule has 1 aromatic carbocycles. The van der Waals surface area contributed by atoms with Crippen molar-refractivity contribution in [2.75, 3.05) is 18.0 Å². The molecule has 104 valence electrons. The van der Waals surface area contributed by atoms with Gasteiger partial charge in [0.05, 0.1) is 5.69 Å². The van der Waals surface area contributed by atoms with Gasteiger partial charge in [0, 0.05) is 18.2 Å². The molecule has 0 aliphatic carbocycles. The van der Waals surface area contributed by atoms with Crippen LogP contribution in [0.1, 0.15) is 30.1 Å². The maximum absolute atomic E-state index is 14.1. The number of benzene rings is 1. The fourth-order valence-electron chi connectivity index (χ4n) is 2.60. The molecule has 0 bridgehead atoms. The van der Waals surface area contributed by atoms with E-state index in [2.05, 4.69) is 6.92 Å². The average Bonchev–Trinajstić information content (AvgIpc) is 2.39. The first-order valence-corrected chi connectivity index (χ1v) is 6.59. The smallest absolute Gasteiger partial charge is 0.248 e. The van der Waals surface area contributed by atoms with Crippen molar-refractivity contribution >= 4 is 11.6 Å². The number of carbonyl (C=O) groups excluding carboxylic acids is 1. The molecule has 1 aliphatic rings. The molecule has 5 heteroatoms.